The fourth-order valence-electron chi connectivity index (χ4n) is 8.97. The second-order valence-electron chi connectivity index (χ2n) is 13.7. The van der Waals surface area contributed by atoms with Crippen LogP contribution in [0.4, 0.5) is 0 Å². The highest BCUT2D eigenvalue weighted by atomic mass is 14.8. The second kappa shape index (κ2) is 10.7. The maximum absolute atomic E-state index is 4.80. The molecule has 0 fully saturated rings. The lowest BCUT2D eigenvalue weighted by Gasteiger charge is -2.31. The van der Waals surface area contributed by atoms with Gasteiger partial charge in [-0.3, -0.25) is 9.97 Å². The fourth-order valence-corrected chi connectivity index (χ4v) is 8.97. The van der Waals surface area contributed by atoms with Gasteiger partial charge >= 0.3 is 0 Å². The normalized spacial score (nSPS) is 13.3. The number of benzene rings is 8. The van der Waals surface area contributed by atoms with Gasteiger partial charge in [-0.1, -0.05) is 152 Å². The van der Waals surface area contributed by atoms with Crippen LogP contribution in [0, 0.1) is 0 Å². The molecule has 51 heavy (non-hydrogen) atoms. The van der Waals surface area contributed by atoms with E-state index < -0.39 is 5.41 Å². The Kier molecular flexibility index (Phi) is 5.91. The van der Waals surface area contributed by atoms with Crippen molar-refractivity contribution >= 4 is 21.5 Å². The van der Waals surface area contributed by atoms with Crippen molar-refractivity contribution < 1.29 is 0 Å². The van der Waals surface area contributed by atoms with Gasteiger partial charge in [0.2, 0.25) is 0 Å². The van der Waals surface area contributed by atoms with Gasteiger partial charge in [0.25, 0.3) is 0 Å². The molecule has 1 spiro atoms. The van der Waals surface area contributed by atoms with Crippen LogP contribution in [0.25, 0.3) is 77.4 Å². The van der Waals surface area contributed by atoms with Crippen LogP contribution < -0.4 is 0 Å². The topological polar surface area (TPSA) is 25.8 Å². The smallest absolute Gasteiger partial charge is 0.0885 e. The molecule has 2 aliphatic carbocycles. The summed E-state index contributed by atoms with van der Waals surface area (Å²) in [4.78, 5) is 9.54. The van der Waals surface area contributed by atoms with Gasteiger partial charge in [-0.25, -0.2) is 0 Å². The summed E-state index contributed by atoms with van der Waals surface area (Å²) in [6.45, 7) is 0. The number of hydrogen-bond acceptors (Lipinski definition) is 2. The Bertz CT molecular complexity index is 2790. The first-order valence-electron chi connectivity index (χ1n) is 17.6. The molecule has 0 N–H and O–H groups in total. The van der Waals surface area contributed by atoms with Gasteiger partial charge in [-0.2, -0.15) is 0 Å². The third-order valence-electron chi connectivity index (χ3n) is 11.2. The van der Waals surface area contributed by atoms with Gasteiger partial charge in [0.05, 0.1) is 29.2 Å². The Hall–Kier alpha value is -6.64. The SMILES string of the molecule is c1ccc(-c2cnc(-c3ccc(-c4cc5c(c6ccccc46)-c4cc6ccccc6cc4C54c5ccccc5-c5ccccc54)cc3)cn2)cc1. The minimum absolute atomic E-state index is 0.434. The van der Waals surface area contributed by atoms with Crippen molar-refractivity contribution in [2.24, 2.45) is 0 Å². The van der Waals surface area contributed by atoms with Crippen molar-refractivity contribution in [1.29, 1.82) is 0 Å². The van der Waals surface area contributed by atoms with Crippen molar-refractivity contribution in [3.63, 3.8) is 0 Å². The first kappa shape index (κ1) is 28.2. The third-order valence-corrected chi connectivity index (χ3v) is 11.2. The average Bonchev–Trinajstić information content (AvgIpc) is 3.67. The quantitative estimate of drug-likeness (QED) is 0.191. The molecule has 9 aromatic rings. The highest BCUT2D eigenvalue weighted by Gasteiger charge is 2.52. The van der Waals surface area contributed by atoms with Crippen LogP contribution in [-0.2, 0) is 5.41 Å². The van der Waals surface area contributed by atoms with Crippen LogP contribution in [0.15, 0.2) is 182 Å². The molecule has 0 radical (unpaired) electrons. The van der Waals surface area contributed by atoms with Gasteiger partial charge in [-0.15, -0.1) is 0 Å². The molecule has 2 nitrogen and oxygen atoms in total. The molecule has 2 heteroatoms. The molecule has 2 aliphatic rings. The summed E-state index contributed by atoms with van der Waals surface area (Å²) in [6, 6.07) is 62.3. The average molecular weight is 647 g/mol. The van der Waals surface area contributed by atoms with E-state index in [4.69, 9.17) is 9.97 Å². The lowest BCUT2D eigenvalue weighted by atomic mass is 9.69. The summed E-state index contributed by atoms with van der Waals surface area (Å²) in [7, 11) is 0. The lowest BCUT2D eigenvalue weighted by molar-refractivity contribution is 0.796. The van der Waals surface area contributed by atoms with Gasteiger partial charge in [0.15, 0.2) is 0 Å². The molecule has 0 amide bonds. The molecule has 0 aliphatic heterocycles. The molecule has 0 saturated carbocycles. The standard InChI is InChI=1S/C49H30N2/c1-2-12-32(13-3-1)46-29-51-47(30-50-46)33-24-22-31(23-25-33)40-28-45-48(39-19-7-6-16-36(39)40)41-26-34-14-4-5-15-35(34)27-44(41)49(45)42-20-10-8-17-37(42)38-18-9-11-21-43(38)49/h1-30H. The van der Waals surface area contributed by atoms with Crippen molar-refractivity contribution in [3.05, 3.63) is 205 Å². The Morgan fingerprint density at radius 2 is 0.863 bits per heavy atom. The van der Waals surface area contributed by atoms with Gasteiger partial charge in [0, 0.05) is 11.1 Å². The number of fused-ring (bicyclic) bond motifs is 13. The zero-order chi connectivity index (χ0) is 33.5. The molecule has 0 saturated heterocycles. The van der Waals surface area contributed by atoms with Crippen molar-refractivity contribution in [2.45, 2.75) is 5.41 Å². The van der Waals surface area contributed by atoms with E-state index >= 15 is 0 Å². The van der Waals surface area contributed by atoms with Gasteiger partial charge in [0.1, 0.15) is 0 Å². The maximum Gasteiger partial charge on any atom is 0.0885 e. The summed E-state index contributed by atoms with van der Waals surface area (Å²) < 4.78 is 0. The molecule has 0 atom stereocenters. The Balaban J connectivity index is 1.15. The van der Waals surface area contributed by atoms with Crippen LogP contribution in [0.5, 0.6) is 0 Å². The van der Waals surface area contributed by atoms with Crippen molar-refractivity contribution in [2.75, 3.05) is 0 Å². The monoisotopic (exact) mass is 646 g/mol. The summed E-state index contributed by atoms with van der Waals surface area (Å²) in [6.07, 6.45) is 3.74. The van der Waals surface area contributed by atoms with Crippen LogP contribution >= 0.6 is 0 Å². The molecule has 8 aromatic carbocycles. The van der Waals surface area contributed by atoms with Crippen LogP contribution in [0.2, 0.25) is 0 Å². The molecule has 1 aromatic heterocycles. The second-order valence-corrected chi connectivity index (χ2v) is 13.7. The fraction of sp³-hybridized carbons (Fsp3) is 0.0204. The largest absolute Gasteiger partial charge is 0.252 e. The number of nitrogens with zero attached hydrogens (tertiary/aromatic N) is 2. The summed E-state index contributed by atoms with van der Waals surface area (Å²) in [5, 5.41) is 5.08. The van der Waals surface area contributed by atoms with E-state index in [-0.39, 0.29) is 0 Å². The number of hydrogen-bond donors (Lipinski definition) is 0. The Morgan fingerprint density at radius 1 is 0.333 bits per heavy atom. The highest BCUT2D eigenvalue weighted by molar-refractivity contribution is 6.12. The minimum Gasteiger partial charge on any atom is -0.252 e. The molecular formula is C49H30N2. The first-order chi connectivity index (χ1) is 25.3. The first-order valence-corrected chi connectivity index (χ1v) is 17.6. The minimum atomic E-state index is -0.434. The van der Waals surface area contributed by atoms with E-state index in [1.165, 1.54) is 77.2 Å². The molecule has 0 bridgehead atoms. The highest BCUT2D eigenvalue weighted by Crippen LogP contribution is 2.64. The van der Waals surface area contributed by atoms with Gasteiger partial charge < -0.3 is 0 Å². The zero-order valence-electron chi connectivity index (χ0n) is 27.7. The lowest BCUT2D eigenvalue weighted by Crippen LogP contribution is -2.26. The van der Waals surface area contributed by atoms with Crippen molar-refractivity contribution in [3.8, 4) is 55.9 Å². The van der Waals surface area contributed by atoms with Crippen LogP contribution in [0.3, 0.4) is 0 Å². The van der Waals surface area contributed by atoms with E-state index in [2.05, 4.69) is 152 Å². The predicted octanol–water partition coefficient (Wildman–Crippen LogP) is 12.1. The van der Waals surface area contributed by atoms with Crippen LogP contribution in [0.1, 0.15) is 22.3 Å². The number of rotatable bonds is 3. The Labute approximate surface area is 296 Å². The Morgan fingerprint density at radius 3 is 1.53 bits per heavy atom. The molecular weight excluding hydrogens is 617 g/mol. The third kappa shape index (κ3) is 3.93. The number of aromatic nitrogens is 2. The predicted molar refractivity (Wildman–Crippen MR) is 210 cm³/mol. The van der Waals surface area contributed by atoms with E-state index in [9.17, 15) is 0 Å². The van der Waals surface area contributed by atoms with E-state index in [1.54, 1.807) is 0 Å². The molecule has 0 unspecified atom stereocenters. The molecule has 11 rings (SSSR count). The summed E-state index contributed by atoms with van der Waals surface area (Å²) in [5.74, 6) is 0. The molecule has 1 heterocycles. The van der Waals surface area contributed by atoms with E-state index in [0.29, 0.717) is 0 Å². The van der Waals surface area contributed by atoms with E-state index in [1.807, 2.05) is 30.6 Å². The summed E-state index contributed by atoms with van der Waals surface area (Å²) in [5.41, 5.74) is 16.6. The van der Waals surface area contributed by atoms with Crippen LogP contribution in [-0.4, -0.2) is 9.97 Å². The molecule has 236 valence electrons. The summed E-state index contributed by atoms with van der Waals surface area (Å²) >= 11 is 0. The van der Waals surface area contributed by atoms with E-state index in [0.717, 1.165) is 22.5 Å². The van der Waals surface area contributed by atoms with Gasteiger partial charge in [-0.05, 0) is 95.4 Å². The maximum atomic E-state index is 4.80. The zero-order valence-corrected chi connectivity index (χ0v) is 27.7. The van der Waals surface area contributed by atoms with Crippen molar-refractivity contribution in [1.82, 2.24) is 9.97 Å².